The Morgan fingerprint density at radius 3 is 2.78 bits per heavy atom. The van der Waals surface area contributed by atoms with Crippen molar-refractivity contribution in [3.63, 3.8) is 0 Å². The standard InChI is InChI=1S/C17H24O/c1-5-8-9-14(6-2)12-16-10-11-17(18-4)13-15(16)7-3/h3,7,10,13-14H,5-6,8-9,12H2,1-2,4H3. The first kappa shape index (κ1) is 14.7. The molecule has 1 aliphatic rings. The molecule has 0 radical (unpaired) electrons. The topological polar surface area (TPSA) is 9.23 Å². The van der Waals surface area contributed by atoms with Gasteiger partial charge in [0.15, 0.2) is 0 Å². The first-order valence-corrected chi connectivity index (χ1v) is 6.88. The van der Waals surface area contributed by atoms with Crippen LogP contribution < -0.4 is 0 Å². The summed E-state index contributed by atoms with van der Waals surface area (Å²) in [6.45, 7) is 10.2. The number of ether oxygens (including phenoxy) is 1. The predicted octanol–water partition coefficient (Wildman–Crippen LogP) is 4.78. The van der Waals surface area contributed by atoms with Crippen LogP contribution in [-0.2, 0) is 4.74 Å². The van der Waals surface area contributed by atoms with Crippen molar-refractivity contribution in [3.05, 3.63) is 47.8 Å². The largest absolute Gasteiger partial charge is 0.470 e. The lowest BCUT2D eigenvalue weighted by Gasteiger charge is -2.16. The molecule has 0 saturated carbocycles. The molecule has 0 bridgehead atoms. The van der Waals surface area contributed by atoms with Crippen LogP contribution in [0.3, 0.4) is 0 Å². The minimum atomic E-state index is 0.741. The van der Waals surface area contributed by atoms with Crippen molar-refractivity contribution in [1.29, 1.82) is 0 Å². The first-order chi connectivity index (χ1) is 8.74. The van der Waals surface area contributed by atoms with Gasteiger partial charge in [0, 0.05) is 12.5 Å². The highest BCUT2D eigenvalue weighted by Gasteiger charge is 2.15. The number of hydrogen-bond donors (Lipinski definition) is 0. The van der Waals surface area contributed by atoms with Crippen LogP contribution in [0, 0.1) is 18.6 Å². The summed E-state index contributed by atoms with van der Waals surface area (Å²) in [5.41, 5.74) is 2.35. The van der Waals surface area contributed by atoms with E-state index in [0.29, 0.717) is 0 Å². The number of rotatable bonds is 8. The van der Waals surface area contributed by atoms with Crippen LogP contribution in [0.4, 0.5) is 0 Å². The maximum absolute atomic E-state index is 5.70. The van der Waals surface area contributed by atoms with E-state index in [1.54, 1.807) is 13.2 Å². The van der Waals surface area contributed by atoms with Crippen molar-refractivity contribution >= 4 is 0 Å². The molecule has 0 aromatic carbocycles. The van der Waals surface area contributed by atoms with Crippen molar-refractivity contribution in [3.8, 4) is 0 Å². The van der Waals surface area contributed by atoms with Gasteiger partial charge in [-0.15, -0.1) is 0 Å². The lowest BCUT2D eigenvalue weighted by Crippen LogP contribution is -2.03. The third kappa shape index (κ3) is 4.16. The molecule has 0 spiro atoms. The zero-order valence-corrected chi connectivity index (χ0v) is 11.8. The SMILES string of the molecule is [CH-]=CC1=C(CC(CC)CCCC)C=[C+]C(OC)=C1. The van der Waals surface area contributed by atoms with Crippen LogP contribution in [-0.4, -0.2) is 7.11 Å². The molecule has 1 rings (SSSR count). The summed E-state index contributed by atoms with van der Waals surface area (Å²) in [6.07, 6.45) is 15.0. The summed E-state index contributed by atoms with van der Waals surface area (Å²) in [5, 5.41) is 0. The molecule has 98 valence electrons. The first-order valence-electron chi connectivity index (χ1n) is 6.88. The van der Waals surface area contributed by atoms with Gasteiger partial charge in [-0.3, -0.25) is 6.58 Å². The Morgan fingerprint density at radius 1 is 1.44 bits per heavy atom. The van der Waals surface area contributed by atoms with E-state index in [9.17, 15) is 0 Å². The molecule has 0 amide bonds. The van der Waals surface area contributed by atoms with Gasteiger partial charge in [-0.25, -0.2) is 6.08 Å². The molecule has 0 N–H and O–H groups in total. The van der Waals surface area contributed by atoms with Crippen LogP contribution in [0.25, 0.3) is 0 Å². The molecule has 0 aromatic heterocycles. The predicted molar refractivity (Wildman–Crippen MR) is 76.7 cm³/mol. The third-order valence-corrected chi connectivity index (χ3v) is 3.50. The van der Waals surface area contributed by atoms with Gasteiger partial charge in [-0.2, -0.15) is 0 Å². The molecular weight excluding hydrogens is 220 g/mol. The maximum Gasteiger partial charge on any atom is 0.271 e. The zero-order valence-electron chi connectivity index (χ0n) is 11.8. The second-order valence-corrected chi connectivity index (χ2v) is 4.77. The summed E-state index contributed by atoms with van der Waals surface area (Å²) in [4.78, 5) is 0. The molecule has 1 heteroatoms. The summed E-state index contributed by atoms with van der Waals surface area (Å²) >= 11 is 0. The van der Waals surface area contributed by atoms with Crippen LogP contribution in [0.1, 0.15) is 46.0 Å². The molecule has 1 unspecified atom stereocenters. The molecule has 0 fully saturated rings. The lowest BCUT2D eigenvalue weighted by molar-refractivity contribution is 0.302. The summed E-state index contributed by atoms with van der Waals surface area (Å²) in [6, 6.07) is 0. The molecule has 0 saturated heterocycles. The molecule has 0 aromatic rings. The number of allylic oxidation sites excluding steroid dienone is 6. The van der Waals surface area contributed by atoms with E-state index < -0.39 is 0 Å². The van der Waals surface area contributed by atoms with Gasteiger partial charge < -0.3 is 4.74 Å². The Morgan fingerprint density at radius 2 is 2.22 bits per heavy atom. The zero-order chi connectivity index (χ0) is 13.4. The highest BCUT2D eigenvalue weighted by molar-refractivity contribution is 5.45. The highest BCUT2D eigenvalue weighted by atomic mass is 16.5. The molecule has 0 aliphatic heterocycles. The van der Waals surface area contributed by atoms with Crippen molar-refractivity contribution in [2.75, 3.05) is 7.11 Å². The van der Waals surface area contributed by atoms with Gasteiger partial charge >= 0.3 is 0 Å². The van der Waals surface area contributed by atoms with Crippen LogP contribution in [0.5, 0.6) is 0 Å². The Kier molecular flexibility index (Phi) is 6.46. The van der Waals surface area contributed by atoms with Gasteiger partial charge in [0.25, 0.3) is 5.76 Å². The van der Waals surface area contributed by atoms with Crippen molar-refractivity contribution in [2.45, 2.75) is 46.0 Å². The Labute approximate surface area is 112 Å². The van der Waals surface area contributed by atoms with Gasteiger partial charge in [0.2, 0.25) is 0 Å². The summed E-state index contributed by atoms with van der Waals surface area (Å²) in [5.74, 6) is 1.49. The van der Waals surface area contributed by atoms with E-state index in [1.165, 1.54) is 31.3 Å². The second kappa shape index (κ2) is 7.89. The van der Waals surface area contributed by atoms with E-state index in [1.807, 2.05) is 12.2 Å². The minimum absolute atomic E-state index is 0.741. The molecule has 1 nitrogen and oxygen atoms in total. The number of unbranched alkanes of at least 4 members (excludes halogenated alkanes) is 1. The van der Waals surface area contributed by atoms with Crippen LogP contribution in [0.15, 0.2) is 35.1 Å². The van der Waals surface area contributed by atoms with Gasteiger partial charge in [0.05, 0.1) is 19.3 Å². The smallest absolute Gasteiger partial charge is 0.271 e. The van der Waals surface area contributed by atoms with Gasteiger partial charge in [0.1, 0.15) is 0 Å². The van der Waals surface area contributed by atoms with Crippen molar-refractivity contribution in [1.82, 2.24) is 0 Å². The fraction of sp³-hybridized carbons (Fsp3) is 0.529. The Hall–Kier alpha value is -1.33. The monoisotopic (exact) mass is 244 g/mol. The fourth-order valence-electron chi connectivity index (χ4n) is 2.22. The Bertz CT molecular complexity index is 358. The normalized spacial score (nSPS) is 16.1. The quantitative estimate of drug-likeness (QED) is 0.558. The highest BCUT2D eigenvalue weighted by Crippen LogP contribution is 2.27. The van der Waals surface area contributed by atoms with E-state index in [-0.39, 0.29) is 0 Å². The number of methoxy groups -OCH3 is 1. The lowest BCUT2D eigenvalue weighted by atomic mass is 9.88. The summed E-state index contributed by atoms with van der Waals surface area (Å²) < 4.78 is 5.18. The fourth-order valence-corrected chi connectivity index (χ4v) is 2.22. The van der Waals surface area contributed by atoms with E-state index in [2.05, 4.69) is 19.9 Å². The minimum Gasteiger partial charge on any atom is -0.470 e. The molecule has 0 heterocycles. The van der Waals surface area contributed by atoms with Crippen molar-refractivity contribution in [2.24, 2.45) is 5.92 Å². The average molecular weight is 244 g/mol. The number of hydrogen-bond acceptors (Lipinski definition) is 1. The van der Waals surface area contributed by atoms with E-state index in [0.717, 1.165) is 23.7 Å². The van der Waals surface area contributed by atoms with Crippen LogP contribution in [0.2, 0.25) is 0 Å². The van der Waals surface area contributed by atoms with E-state index >= 15 is 0 Å². The van der Waals surface area contributed by atoms with Crippen molar-refractivity contribution < 1.29 is 4.74 Å². The van der Waals surface area contributed by atoms with Crippen LogP contribution >= 0.6 is 0 Å². The van der Waals surface area contributed by atoms with Gasteiger partial charge in [-0.1, -0.05) is 38.7 Å². The second-order valence-electron chi connectivity index (χ2n) is 4.77. The molecule has 1 aliphatic carbocycles. The van der Waals surface area contributed by atoms with Gasteiger partial charge in [-0.05, 0) is 17.9 Å². The molecule has 18 heavy (non-hydrogen) atoms. The third-order valence-electron chi connectivity index (χ3n) is 3.50. The molecular formula is C17H24O. The van der Waals surface area contributed by atoms with E-state index in [4.69, 9.17) is 11.3 Å². The Balaban J connectivity index is 2.75. The molecule has 1 atom stereocenters. The summed E-state index contributed by atoms with van der Waals surface area (Å²) in [7, 11) is 1.65. The maximum atomic E-state index is 5.70. The average Bonchev–Trinajstić information content (AvgIpc) is 2.43.